The summed E-state index contributed by atoms with van der Waals surface area (Å²) in [6, 6.07) is 43.9. The van der Waals surface area contributed by atoms with Crippen LogP contribution in [0.5, 0.6) is 0 Å². The third-order valence-corrected chi connectivity index (χ3v) is 11.1. The maximum atomic E-state index is 15.3. The first-order valence-electron chi connectivity index (χ1n) is 15.9. The molecule has 49 heavy (non-hydrogen) atoms. The summed E-state index contributed by atoms with van der Waals surface area (Å²) in [6.45, 7) is 0. The lowest BCUT2D eigenvalue weighted by atomic mass is 9.47. The standard InChI is InChI=1S/C42H31Br2NO4/c1-49-40(47)41(25-45)36(30-12-6-14-34(43)22-30)24-42(48,33-19-18-27-9-3-5-11-29(27)21-33)38(37(41)31-13-7-15-35(44)23-31)39(46)32-17-16-26-8-2-4-10-28(26)20-32/h2-23,36-38,48H,24H2,1H3/t36-,37-,38-,41+,42-/m0/s1. The van der Waals surface area contributed by atoms with E-state index >= 15 is 4.79 Å². The first-order chi connectivity index (χ1) is 23.7. The molecule has 0 aliphatic heterocycles. The van der Waals surface area contributed by atoms with Gasteiger partial charge in [-0.15, -0.1) is 0 Å². The highest BCUT2D eigenvalue weighted by molar-refractivity contribution is 9.10. The minimum absolute atomic E-state index is 0.0983. The number of halogens is 2. The van der Waals surface area contributed by atoms with Gasteiger partial charge in [0.05, 0.1) is 19.1 Å². The Balaban J connectivity index is 1.58. The summed E-state index contributed by atoms with van der Waals surface area (Å²) in [6.07, 6.45) is -0.0983. The Kier molecular flexibility index (Phi) is 8.74. The van der Waals surface area contributed by atoms with E-state index in [1.807, 2.05) is 127 Å². The van der Waals surface area contributed by atoms with Gasteiger partial charge in [0.1, 0.15) is 5.60 Å². The molecule has 1 saturated carbocycles. The number of ether oxygens (including phenoxy) is 1. The van der Waals surface area contributed by atoms with Gasteiger partial charge in [-0.3, -0.25) is 9.59 Å². The molecule has 1 fully saturated rings. The highest BCUT2D eigenvalue weighted by Gasteiger charge is 2.67. The summed E-state index contributed by atoms with van der Waals surface area (Å²) in [4.78, 5) is 29.7. The van der Waals surface area contributed by atoms with Crippen molar-refractivity contribution in [2.75, 3.05) is 7.11 Å². The molecule has 7 rings (SSSR count). The van der Waals surface area contributed by atoms with E-state index in [0.717, 1.165) is 26.0 Å². The van der Waals surface area contributed by atoms with Gasteiger partial charge in [-0.05, 0) is 81.1 Å². The molecular weight excluding hydrogens is 742 g/mol. The molecule has 0 saturated heterocycles. The Morgan fingerprint density at radius 2 is 1.31 bits per heavy atom. The molecule has 5 nitrogen and oxygen atoms in total. The van der Waals surface area contributed by atoms with Crippen molar-refractivity contribution in [2.45, 2.75) is 23.9 Å². The van der Waals surface area contributed by atoms with Gasteiger partial charge >= 0.3 is 5.97 Å². The molecule has 7 heteroatoms. The molecule has 0 unspecified atom stereocenters. The third kappa shape index (κ3) is 5.58. The van der Waals surface area contributed by atoms with Crippen LogP contribution in [-0.2, 0) is 15.1 Å². The van der Waals surface area contributed by atoms with Gasteiger partial charge in [0.2, 0.25) is 0 Å². The summed E-state index contributed by atoms with van der Waals surface area (Å²) >= 11 is 7.16. The zero-order valence-electron chi connectivity index (χ0n) is 26.5. The number of nitrogens with zero attached hydrogens (tertiary/aromatic N) is 1. The topological polar surface area (TPSA) is 87.4 Å². The van der Waals surface area contributed by atoms with E-state index in [9.17, 15) is 15.2 Å². The van der Waals surface area contributed by atoms with Crippen LogP contribution in [0.15, 0.2) is 142 Å². The van der Waals surface area contributed by atoms with Crippen molar-refractivity contribution in [1.29, 1.82) is 5.26 Å². The maximum Gasteiger partial charge on any atom is 0.327 e. The molecular formula is C42H31Br2NO4. The van der Waals surface area contributed by atoms with Gasteiger partial charge in [-0.1, -0.05) is 129 Å². The van der Waals surface area contributed by atoms with Crippen molar-refractivity contribution >= 4 is 65.2 Å². The quantitative estimate of drug-likeness (QED) is 0.135. The molecule has 242 valence electrons. The zero-order valence-corrected chi connectivity index (χ0v) is 29.7. The number of methoxy groups -OCH3 is 1. The molecule has 0 spiro atoms. The second-order valence-electron chi connectivity index (χ2n) is 12.7. The molecule has 6 aromatic carbocycles. The number of ketones is 1. The Bertz CT molecular complexity index is 2300. The Morgan fingerprint density at radius 1 is 0.735 bits per heavy atom. The number of hydrogen-bond acceptors (Lipinski definition) is 5. The monoisotopic (exact) mass is 771 g/mol. The van der Waals surface area contributed by atoms with Gasteiger partial charge in [0.15, 0.2) is 11.2 Å². The van der Waals surface area contributed by atoms with E-state index in [1.165, 1.54) is 7.11 Å². The first kappa shape index (κ1) is 32.9. The van der Waals surface area contributed by atoms with Crippen molar-refractivity contribution < 1.29 is 19.4 Å². The number of fused-ring (bicyclic) bond motifs is 2. The number of esters is 1. The Labute approximate surface area is 301 Å². The molecule has 0 aromatic heterocycles. The summed E-state index contributed by atoms with van der Waals surface area (Å²) in [7, 11) is 1.27. The first-order valence-corrected chi connectivity index (χ1v) is 17.5. The summed E-state index contributed by atoms with van der Waals surface area (Å²) < 4.78 is 6.95. The van der Waals surface area contributed by atoms with Crippen molar-refractivity contribution in [3.05, 3.63) is 165 Å². The van der Waals surface area contributed by atoms with Crippen LogP contribution in [-0.4, -0.2) is 24.0 Å². The van der Waals surface area contributed by atoms with E-state index in [2.05, 4.69) is 37.9 Å². The van der Waals surface area contributed by atoms with Crippen molar-refractivity contribution in [1.82, 2.24) is 0 Å². The Hall–Kier alpha value is -4.61. The van der Waals surface area contributed by atoms with Crippen molar-refractivity contribution in [3.63, 3.8) is 0 Å². The highest BCUT2D eigenvalue weighted by atomic mass is 79.9. The summed E-state index contributed by atoms with van der Waals surface area (Å²) in [5.74, 6) is -4.41. The van der Waals surface area contributed by atoms with E-state index in [-0.39, 0.29) is 12.2 Å². The van der Waals surface area contributed by atoms with Gasteiger partial charge in [0.25, 0.3) is 0 Å². The van der Waals surface area contributed by atoms with Crippen LogP contribution in [0.3, 0.4) is 0 Å². The number of aliphatic hydroxyl groups is 1. The number of benzene rings is 6. The fourth-order valence-electron chi connectivity index (χ4n) is 7.89. The lowest BCUT2D eigenvalue weighted by Gasteiger charge is -2.54. The normalized spacial score (nSPS) is 23.5. The summed E-state index contributed by atoms with van der Waals surface area (Å²) in [5, 5.41) is 28.6. The number of hydrogen-bond donors (Lipinski definition) is 1. The predicted octanol–water partition coefficient (Wildman–Crippen LogP) is 9.86. The highest BCUT2D eigenvalue weighted by Crippen LogP contribution is 2.64. The van der Waals surface area contributed by atoms with Crippen LogP contribution in [0.25, 0.3) is 21.5 Å². The molecule has 1 aliphatic rings. The molecule has 6 aromatic rings. The SMILES string of the molecule is COC(=O)[C@]1(C#N)[C@H](c2cccc(Br)c2)C[C@](O)(c2ccc3ccccc3c2)[C@H](C(=O)c2ccc3ccccc3c2)[C@@H]1c1cccc(Br)c1. The van der Waals surface area contributed by atoms with Crippen LogP contribution in [0.2, 0.25) is 0 Å². The molecule has 0 heterocycles. The van der Waals surface area contributed by atoms with E-state index in [1.54, 1.807) is 6.07 Å². The largest absolute Gasteiger partial charge is 0.468 e. The minimum Gasteiger partial charge on any atom is -0.468 e. The number of nitriles is 1. The lowest BCUT2D eigenvalue weighted by Crippen LogP contribution is -2.59. The maximum absolute atomic E-state index is 15.3. The van der Waals surface area contributed by atoms with Crippen LogP contribution >= 0.6 is 31.9 Å². The second kappa shape index (κ2) is 13.0. The van der Waals surface area contributed by atoms with Crippen LogP contribution < -0.4 is 0 Å². The molecule has 0 radical (unpaired) electrons. The number of carbonyl (C=O) groups is 2. The van der Waals surface area contributed by atoms with E-state index in [4.69, 9.17) is 4.74 Å². The average molecular weight is 774 g/mol. The molecule has 1 N–H and O–H groups in total. The van der Waals surface area contributed by atoms with Crippen LogP contribution in [0.4, 0.5) is 0 Å². The van der Waals surface area contributed by atoms with Gasteiger partial charge in [0, 0.05) is 26.3 Å². The van der Waals surface area contributed by atoms with E-state index in [0.29, 0.717) is 26.7 Å². The van der Waals surface area contributed by atoms with Crippen LogP contribution in [0, 0.1) is 22.7 Å². The van der Waals surface area contributed by atoms with Gasteiger partial charge in [-0.25, -0.2) is 0 Å². The number of rotatable bonds is 6. The number of carbonyl (C=O) groups excluding carboxylic acids is 2. The van der Waals surface area contributed by atoms with Crippen molar-refractivity contribution in [3.8, 4) is 6.07 Å². The van der Waals surface area contributed by atoms with Gasteiger partial charge < -0.3 is 9.84 Å². The van der Waals surface area contributed by atoms with Crippen molar-refractivity contribution in [2.24, 2.45) is 11.3 Å². The zero-order chi connectivity index (χ0) is 34.3. The second-order valence-corrected chi connectivity index (χ2v) is 14.5. The lowest BCUT2D eigenvalue weighted by molar-refractivity contribution is -0.162. The minimum atomic E-state index is -1.91. The molecule has 0 bridgehead atoms. The molecule has 0 amide bonds. The predicted molar refractivity (Wildman–Crippen MR) is 198 cm³/mol. The molecule has 1 aliphatic carbocycles. The fourth-order valence-corrected chi connectivity index (χ4v) is 8.73. The smallest absolute Gasteiger partial charge is 0.327 e. The van der Waals surface area contributed by atoms with E-state index < -0.39 is 34.7 Å². The third-order valence-electron chi connectivity index (χ3n) is 10.1. The van der Waals surface area contributed by atoms with Gasteiger partial charge in [-0.2, -0.15) is 5.26 Å². The summed E-state index contributed by atoms with van der Waals surface area (Å²) in [5.41, 5.74) is -1.61. The Morgan fingerprint density at radius 3 is 1.92 bits per heavy atom. The van der Waals surface area contributed by atoms with Crippen LogP contribution in [0.1, 0.15) is 45.3 Å². The average Bonchev–Trinajstić information content (AvgIpc) is 3.13. The molecule has 5 atom stereocenters. The fraction of sp³-hybridized carbons (Fsp3) is 0.167. The number of Topliss-reactive ketones (excluding diaryl/α,β-unsaturated/α-hetero) is 1.